The number of hydrogen-bond donors (Lipinski definition) is 2. The summed E-state index contributed by atoms with van der Waals surface area (Å²) in [6.07, 6.45) is 1.94. The largest absolute Gasteiger partial charge is 0.323 e. The monoisotopic (exact) mass is 351 g/mol. The molecular weight excluding hydrogens is 340 g/mol. The molecule has 3 aromatic rings. The van der Waals surface area contributed by atoms with Gasteiger partial charge in [0, 0.05) is 5.69 Å². The predicted molar refractivity (Wildman–Crippen MR) is 90.4 cm³/mol. The Morgan fingerprint density at radius 2 is 1.91 bits per heavy atom. The van der Waals surface area contributed by atoms with Crippen molar-refractivity contribution in [2.75, 3.05) is 16.9 Å². The van der Waals surface area contributed by atoms with E-state index in [9.17, 15) is 13.6 Å². The van der Waals surface area contributed by atoms with Gasteiger partial charge in [0.2, 0.25) is 0 Å². The molecule has 8 heteroatoms. The normalized spacial score (nSPS) is 10.7. The van der Waals surface area contributed by atoms with Gasteiger partial charge in [-0.15, -0.1) is 11.3 Å². The highest BCUT2D eigenvalue weighted by Gasteiger charge is 2.12. The van der Waals surface area contributed by atoms with E-state index in [4.69, 9.17) is 0 Å². The molecule has 2 amide bonds. The summed E-state index contributed by atoms with van der Waals surface area (Å²) in [4.78, 5) is 16.3. The van der Waals surface area contributed by atoms with Gasteiger partial charge in [-0.2, -0.15) is 0 Å². The first-order chi connectivity index (χ1) is 11.1. The lowest BCUT2D eigenvalue weighted by Crippen LogP contribution is -2.20. The molecule has 2 N–H and O–H groups in total. The number of carbonyl (C=O) groups excluding carboxylic acids is 1. The molecule has 0 saturated carbocycles. The number of aromatic nitrogens is 1. The second-order valence-corrected chi connectivity index (χ2v) is 6.63. The van der Waals surface area contributed by atoms with E-state index in [-0.39, 0.29) is 0 Å². The van der Waals surface area contributed by atoms with Gasteiger partial charge in [-0.3, -0.25) is 0 Å². The molecule has 0 aliphatic heterocycles. The van der Waals surface area contributed by atoms with Crippen LogP contribution < -0.4 is 10.6 Å². The average Bonchev–Trinajstić information content (AvgIpc) is 2.93. The van der Waals surface area contributed by atoms with Gasteiger partial charge in [0.25, 0.3) is 0 Å². The maximum absolute atomic E-state index is 13.5. The molecule has 23 heavy (non-hydrogen) atoms. The zero-order valence-electron chi connectivity index (χ0n) is 11.9. The molecule has 0 spiro atoms. The first-order valence-corrected chi connectivity index (χ1v) is 8.57. The highest BCUT2D eigenvalue weighted by Crippen LogP contribution is 2.30. The van der Waals surface area contributed by atoms with Gasteiger partial charge in [0.1, 0.15) is 17.3 Å². The van der Waals surface area contributed by atoms with E-state index >= 15 is 0 Å². The zero-order chi connectivity index (χ0) is 16.4. The Labute approximate surface area is 138 Å². The van der Waals surface area contributed by atoms with E-state index in [0.29, 0.717) is 5.69 Å². The molecule has 0 bridgehead atoms. The third-order valence-electron chi connectivity index (χ3n) is 3.00. The molecule has 0 radical (unpaired) electrons. The van der Waals surface area contributed by atoms with Crippen molar-refractivity contribution in [3.63, 3.8) is 0 Å². The number of anilines is 2. The Bertz CT molecular complexity index is 862. The fourth-order valence-corrected chi connectivity index (χ4v) is 3.49. The van der Waals surface area contributed by atoms with Crippen LogP contribution in [-0.4, -0.2) is 17.3 Å². The molecule has 4 nitrogen and oxygen atoms in total. The highest BCUT2D eigenvalue weighted by atomic mass is 32.2. The van der Waals surface area contributed by atoms with Crippen LogP contribution >= 0.6 is 23.1 Å². The fraction of sp³-hybridized carbons (Fsp3) is 0.0667. The van der Waals surface area contributed by atoms with E-state index in [1.165, 1.54) is 17.4 Å². The number of benzene rings is 2. The summed E-state index contributed by atoms with van der Waals surface area (Å²) in [5.74, 6) is -1.66. The molecular formula is C15H11F2N3OS2. The third-order valence-corrected chi connectivity index (χ3v) is 5.01. The molecule has 0 fully saturated rings. The number of nitrogens with zero attached hydrogens (tertiary/aromatic N) is 1. The van der Waals surface area contributed by atoms with E-state index < -0.39 is 23.4 Å². The van der Waals surface area contributed by atoms with Gasteiger partial charge in [-0.25, -0.2) is 18.6 Å². The van der Waals surface area contributed by atoms with Crippen LogP contribution in [0.25, 0.3) is 10.2 Å². The minimum Gasteiger partial charge on any atom is -0.308 e. The minimum atomic E-state index is -0.831. The number of fused-ring (bicyclic) bond motifs is 1. The van der Waals surface area contributed by atoms with Crippen LogP contribution in [0, 0.1) is 11.6 Å². The molecule has 1 aromatic heterocycles. The molecule has 2 aromatic carbocycles. The summed E-state index contributed by atoms with van der Waals surface area (Å²) < 4.78 is 28.9. The average molecular weight is 351 g/mol. The standard InChI is InChI=1S/C15H11F2N3OS2/c1-22-15-19-11-6-5-8(7-12(11)23-15)18-14(21)20-13-9(16)3-2-4-10(13)17/h2-7H,1H3,(H2,18,20,21). The lowest BCUT2D eigenvalue weighted by atomic mass is 10.3. The van der Waals surface area contributed by atoms with Crippen LogP contribution in [0.3, 0.4) is 0 Å². The van der Waals surface area contributed by atoms with Crippen molar-refractivity contribution in [2.45, 2.75) is 4.34 Å². The Kier molecular flexibility index (Phi) is 4.44. The maximum atomic E-state index is 13.5. The summed E-state index contributed by atoms with van der Waals surface area (Å²) in [6.45, 7) is 0. The number of halogens is 2. The minimum absolute atomic E-state index is 0.478. The summed E-state index contributed by atoms with van der Waals surface area (Å²) in [5, 5.41) is 4.73. The van der Waals surface area contributed by atoms with E-state index in [1.807, 2.05) is 6.26 Å². The molecule has 0 aliphatic carbocycles. The van der Waals surface area contributed by atoms with Gasteiger partial charge >= 0.3 is 6.03 Å². The molecule has 0 unspecified atom stereocenters. The lowest BCUT2D eigenvalue weighted by Gasteiger charge is -2.09. The first-order valence-electron chi connectivity index (χ1n) is 6.53. The van der Waals surface area contributed by atoms with Crippen molar-refractivity contribution in [1.82, 2.24) is 4.98 Å². The van der Waals surface area contributed by atoms with E-state index in [2.05, 4.69) is 15.6 Å². The van der Waals surface area contributed by atoms with Crippen LogP contribution in [-0.2, 0) is 0 Å². The third kappa shape index (κ3) is 3.43. The summed E-state index contributed by atoms with van der Waals surface area (Å²) in [7, 11) is 0. The fourth-order valence-electron chi connectivity index (χ4n) is 1.96. The van der Waals surface area contributed by atoms with Gasteiger partial charge < -0.3 is 10.6 Å². The number of para-hydroxylation sites is 1. The maximum Gasteiger partial charge on any atom is 0.323 e. The van der Waals surface area contributed by atoms with Crippen LogP contribution in [0.4, 0.5) is 25.0 Å². The van der Waals surface area contributed by atoms with Gasteiger partial charge in [-0.05, 0) is 36.6 Å². The van der Waals surface area contributed by atoms with Crippen molar-refractivity contribution in [3.8, 4) is 0 Å². The summed E-state index contributed by atoms with van der Waals surface area (Å²) >= 11 is 3.05. The molecule has 0 atom stereocenters. The quantitative estimate of drug-likeness (QED) is 0.657. The van der Waals surface area contributed by atoms with Crippen molar-refractivity contribution >= 4 is 50.7 Å². The number of thioether (sulfide) groups is 1. The van der Waals surface area contributed by atoms with Crippen molar-refractivity contribution in [2.24, 2.45) is 0 Å². The Hall–Kier alpha value is -2.19. The summed E-state index contributed by atoms with van der Waals surface area (Å²) in [6, 6.07) is 7.90. The lowest BCUT2D eigenvalue weighted by molar-refractivity contribution is 0.262. The second kappa shape index (κ2) is 6.51. The van der Waals surface area contributed by atoms with Crippen molar-refractivity contribution in [1.29, 1.82) is 0 Å². The van der Waals surface area contributed by atoms with Crippen LogP contribution in [0.15, 0.2) is 40.7 Å². The van der Waals surface area contributed by atoms with Gasteiger partial charge in [0.05, 0.1) is 10.2 Å². The number of thiazole rings is 1. The van der Waals surface area contributed by atoms with Crippen LogP contribution in [0.5, 0.6) is 0 Å². The van der Waals surface area contributed by atoms with Crippen LogP contribution in [0.1, 0.15) is 0 Å². The van der Waals surface area contributed by atoms with E-state index in [1.54, 1.807) is 30.0 Å². The van der Waals surface area contributed by atoms with Crippen LogP contribution in [0.2, 0.25) is 0 Å². The molecule has 1 heterocycles. The Morgan fingerprint density at radius 3 is 2.61 bits per heavy atom. The first kappa shape index (κ1) is 15.7. The number of urea groups is 1. The molecule has 118 valence electrons. The molecule has 3 rings (SSSR count). The smallest absolute Gasteiger partial charge is 0.308 e. The van der Waals surface area contributed by atoms with E-state index in [0.717, 1.165) is 26.7 Å². The SMILES string of the molecule is CSc1nc2ccc(NC(=O)Nc3c(F)cccc3F)cc2s1. The van der Waals surface area contributed by atoms with Gasteiger partial charge in [0.15, 0.2) is 4.34 Å². The molecule has 0 aliphatic rings. The number of nitrogens with one attached hydrogen (secondary N) is 2. The molecule has 0 saturated heterocycles. The van der Waals surface area contributed by atoms with Crippen molar-refractivity contribution in [3.05, 3.63) is 48.0 Å². The number of hydrogen-bond acceptors (Lipinski definition) is 4. The topological polar surface area (TPSA) is 54.0 Å². The highest BCUT2D eigenvalue weighted by molar-refractivity contribution is 8.00. The predicted octanol–water partition coefficient (Wildman–Crippen LogP) is 4.94. The zero-order valence-corrected chi connectivity index (χ0v) is 13.5. The van der Waals surface area contributed by atoms with Crippen molar-refractivity contribution < 1.29 is 13.6 Å². The number of carbonyl (C=O) groups is 1. The second-order valence-electron chi connectivity index (χ2n) is 4.54. The Balaban J connectivity index is 1.77. The number of amides is 2. The summed E-state index contributed by atoms with van der Waals surface area (Å²) in [5.41, 5.74) is 0.877. The number of rotatable bonds is 3. The van der Waals surface area contributed by atoms with Gasteiger partial charge in [-0.1, -0.05) is 17.8 Å². The Morgan fingerprint density at radius 1 is 1.17 bits per heavy atom.